The Bertz CT molecular complexity index is 377. The molecule has 1 atom stereocenters. The van der Waals surface area contributed by atoms with E-state index in [0.29, 0.717) is 12.8 Å². The van der Waals surface area contributed by atoms with E-state index in [1.807, 2.05) is 6.92 Å². The van der Waals surface area contributed by atoms with Crippen LogP contribution in [0.1, 0.15) is 32.6 Å². The largest absolute Gasteiger partial charge is 0.480 e. The highest BCUT2D eigenvalue weighted by Crippen LogP contribution is 2.28. The van der Waals surface area contributed by atoms with Gasteiger partial charge in [-0.2, -0.15) is 0 Å². The average molecular weight is 286 g/mol. The second-order valence-electron chi connectivity index (χ2n) is 5.29. The Labute approximate surface area is 118 Å². The molecular formula is C13H22N2O5. The molecule has 1 aliphatic rings. The van der Waals surface area contributed by atoms with Crippen molar-refractivity contribution in [1.29, 1.82) is 0 Å². The molecule has 0 spiro atoms. The van der Waals surface area contributed by atoms with Crippen LogP contribution in [0.4, 0.5) is 0 Å². The van der Waals surface area contributed by atoms with Crippen molar-refractivity contribution in [2.45, 2.75) is 38.6 Å². The summed E-state index contributed by atoms with van der Waals surface area (Å²) in [5.74, 6) is -1.89. The Balaban J connectivity index is 2.58. The Morgan fingerprint density at radius 3 is 2.45 bits per heavy atom. The molecule has 0 bridgehead atoms. The monoisotopic (exact) mass is 286 g/mol. The highest BCUT2D eigenvalue weighted by Gasteiger charge is 2.36. The molecule has 1 fully saturated rings. The lowest BCUT2D eigenvalue weighted by Gasteiger charge is -2.33. The molecule has 1 amide bonds. The van der Waals surface area contributed by atoms with Crippen molar-refractivity contribution >= 4 is 17.8 Å². The predicted octanol–water partition coefficient (Wildman–Crippen LogP) is -0.101. The summed E-state index contributed by atoms with van der Waals surface area (Å²) in [5, 5.41) is 14.8. The van der Waals surface area contributed by atoms with Gasteiger partial charge in [-0.25, -0.2) is 4.79 Å². The van der Waals surface area contributed by atoms with Gasteiger partial charge in [0.25, 0.3) is 0 Å². The first kappa shape index (κ1) is 16.4. The number of amides is 1. The van der Waals surface area contributed by atoms with E-state index < -0.39 is 23.4 Å². The van der Waals surface area contributed by atoms with Gasteiger partial charge in [0.05, 0.1) is 7.11 Å². The number of hydrogen-bond donors (Lipinski definition) is 3. The second kappa shape index (κ2) is 7.23. The highest BCUT2D eigenvalue weighted by atomic mass is 16.5. The van der Waals surface area contributed by atoms with E-state index in [4.69, 9.17) is 5.11 Å². The van der Waals surface area contributed by atoms with Crippen molar-refractivity contribution in [3.05, 3.63) is 0 Å². The summed E-state index contributed by atoms with van der Waals surface area (Å²) >= 11 is 0. The Morgan fingerprint density at radius 2 is 1.95 bits per heavy atom. The first-order chi connectivity index (χ1) is 9.39. The zero-order valence-electron chi connectivity index (χ0n) is 11.9. The van der Waals surface area contributed by atoms with Crippen LogP contribution >= 0.6 is 0 Å². The molecule has 1 saturated heterocycles. The van der Waals surface area contributed by atoms with Crippen LogP contribution in [0.5, 0.6) is 0 Å². The summed E-state index contributed by atoms with van der Waals surface area (Å²) in [6, 6.07) is -1.06. The van der Waals surface area contributed by atoms with Gasteiger partial charge in [-0.3, -0.25) is 9.59 Å². The van der Waals surface area contributed by atoms with Gasteiger partial charge in [0.2, 0.25) is 5.91 Å². The van der Waals surface area contributed by atoms with Crippen LogP contribution in [-0.4, -0.2) is 49.2 Å². The van der Waals surface area contributed by atoms with Crippen LogP contribution in [0.15, 0.2) is 0 Å². The fraction of sp³-hybridized carbons (Fsp3) is 0.769. The van der Waals surface area contributed by atoms with Crippen LogP contribution in [0.25, 0.3) is 0 Å². The number of carbonyl (C=O) groups is 3. The maximum Gasteiger partial charge on any atom is 0.326 e. The Kier molecular flexibility index (Phi) is 5.94. The third-order valence-corrected chi connectivity index (χ3v) is 3.72. The fourth-order valence-corrected chi connectivity index (χ4v) is 2.16. The number of ether oxygens (including phenoxy) is 1. The minimum atomic E-state index is -1.14. The molecule has 1 rings (SSSR count). The summed E-state index contributed by atoms with van der Waals surface area (Å²) in [5.41, 5.74) is -0.551. The van der Waals surface area contributed by atoms with E-state index in [-0.39, 0.29) is 18.7 Å². The summed E-state index contributed by atoms with van der Waals surface area (Å²) < 4.78 is 4.47. The number of esters is 1. The first-order valence-electron chi connectivity index (χ1n) is 6.70. The third-order valence-electron chi connectivity index (χ3n) is 3.72. The van der Waals surface area contributed by atoms with E-state index in [2.05, 4.69) is 15.4 Å². The number of aliphatic carboxylic acids is 1. The number of rotatable bonds is 6. The van der Waals surface area contributed by atoms with E-state index in [1.54, 1.807) is 0 Å². The molecule has 7 nitrogen and oxygen atoms in total. The fourth-order valence-electron chi connectivity index (χ4n) is 2.16. The molecule has 1 heterocycles. The first-order valence-corrected chi connectivity index (χ1v) is 6.70. The number of hydrogen-bond acceptors (Lipinski definition) is 5. The molecule has 1 aliphatic heterocycles. The molecule has 7 heteroatoms. The molecule has 3 N–H and O–H groups in total. The van der Waals surface area contributed by atoms with Gasteiger partial charge < -0.3 is 20.5 Å². The van der Waals surface area contributed by atoms with Gasteiger partial charge in [0.15, 0.2) is 0 Å². The normalized spacial score (nSPS) is 18.9. The van der Waals surface area contributed by atoms with Gasteiger partial charge in [0, 0.05) is 11.8 Å². The van der Waals surface area contributed by atoms with Gasteiger partial charge in [0.1, 0.15) is 6.04 Å². The van der Waals surface area contributed by atoms with Crippen LogP contribution in [0.3, 0.4) is 0 Å². The maximum absolute atomic E-state index is 12.2. The van der Waals surface area contributed by atoms with Crippen molar-refractivity contribution in [3.63, 3.8) is 0 Å². The Morgan fingerprint density at radius 1 is 1.35 bits per heavy atom. The molecular weight excluding hydrogens is 264 g/mol. The van der Waals surface area contributed by atoms with E-state index in [9.17, 15) is 14.4 Å². The van der Waals surface area contributed by atoms with E-state index in [0.717, 1.165) is 13.1 Å². The van der Waals surface area contributed by atoms with Gasteiger partial charge in [-0.15, -0.1) is 0 Å². The molecule has 0 aromatic rings. The lowest BCUT2D eigenvalue weighted by molar-refractivity contribution is -0.145. The molecule has 1 unspecified atom stereocenters. The van der Waals surface area contributed by atoms with Gasteiger partial charge in [-0.05, 0) is 32.4 Å². The molecule has 0 saturated carbocycles. The van der Waals surface area contributed by atoms with Crippen LogP contribution < -0.4 is 10.6 Å². The van der Waals surface area contributed by atoms with Crippen LogP contribution in [0, 0.1) is 5.41 Å². The number of carbonyl (C=O) groups excluding carboxylic acids is 2. The number of nitrogens with one attached hydrogen (secondary N) is 2. The predicted molar refractivity (Wildman–Crippen MR) is 71.0 cm³/mol. The van der Waals surface area contributed by atoms with Crippen LogP contribution in [0.2, 0.25) is 0 Å². The van der Waals surface area contributed by atoms with Crippen molar-refractivity contribution in [2.24, 2.45) is 5.41 Å². The summed E-state index contributed by atoms with van der Waals surface area (Å²) in [6.07, 6.45) is 1.33. The molecule has 0 aliphatic carbocycles. The minimum Gasteiger partial charge on any atom is -0.480 e. The van der Waals surface area contributed by atoms with E-state index in [1.165, 1.54) is 7.11 Å². The lowest BCUT2D eigenvalue weighted by Crippen LogP contribution is -2.51. The topological polar surface area (TPSA) is 105 Å². The lowest BCUT2D eigenvalue weighted by atomic mass is 9.80. The zero-order chi connectivity index (χ0) is 15.2. The van der Waals surface area contributed by atoms with Gasteiger partial charge in [-0.1, -0.05) is 6.92 Å². The highest BCUT2D eigenvalue weighted by molar-refractivity contribution is 5.87. The van der Waals surface area contributed by atoms with Gasteiger partial charge >= 0.3 is 11.9 Å². The van der Waals surface area contributed by atoms with Crippen molar-refractivity contribution in [3.8, 4) is 0 Å². The number of methoxy groups -OCH3 is 1. The zero-order valence-corrected chi connectivity index (χ0v) is 11.9. The summed E-state index contributed by atoms with van der Waals surface area (Å²) in [4.78, 5) is 34.4. The van der Waals surface area contributed by atoms with Crippen molar-refractivity contribution in [2.75, 3.05) is 20.2 Å². The van der Waals surface area contributed by atoms with Crippen molar-refractivity contribution in [1.82, 2.24) is 10.6 Å². The number of carboxylic acids is 1. The standard InChI is InChI=1S/C13H22N2O5/c1-13(5-7-14-8-6-13)12(19)15-9(11(17)18)3-4-10(16)20-2/h9,14H,3-8H2,1-2H3,(H,15,19)(H,17,18). The Hall–Kier alpha value is -1.63. The van der Waals surface area contributed by atoms with Crippen molar-refractivity contribution < 1.29 is 24.2 Å². The maximum atomic E-state index is 12.2. The molecule has 114 valence electrons. The smallest absolute Gasteiger partial charge is 0.326 e. The third kappa shape index (κ3) is 4.48. The summed E-state index contributed by atoms with van der Waals surface area (Å²) in [6.45, 7) is 3.32. The number of carboxylic acid groups (broad SMARTS) is 1. The minimum absolute atomic E-state index is 0.0298. The number of piperidine rings is 1. The molecule has 20 heavy (non-hydrogen) atoms. The second-order valence-corrected chi connectivity index (χ2v) is 5.29. The molecule has 0 aromatic heterocycles. The van der Waals surface area contributed by atoms with Crippen LogP contribution in [-0.2, 0) is 19.1 Å². The molecule has 0 radical (unpaired) electrons. The van der Waals surface area contributed by atoms with E-state index >= 15 is 0 Å². The average Bonchev–Trinajstić information content (AvgIpc) is 2.43. The quantitative estimate of drug-likeness (QED) is 0.589. The SMILES string of the molecule is COC(=O)CCC(NC(=O)C1(C)CCNCC1)C(=O)O. The summed E-state index contributed by atoms with van der Waals surface area (Å²) in [7, 11) is 1.24. The molecule has 0 aromatic carbocycles.